The SMILES string of the molecule is Cc1c(C(C)N)cnn1C(C)(C)C. The largest absolute Gasteiger partial charge is 0.324 e. The zero-order valence-electron chi connectivity index (χ0n) is 9.13. The first-order valence-corrected chi connectivity index (χ1v) is 4.64. The molecule has 13 heavy (non-hydrogen) atoms. The smallest absolute Gasteiger partial charge is 0.0546 e. The first kappa shape index (κ1) is 10.3. The minimum Gasteiger partial charge on any atom is -0.324 e. The third kappa shape index (κ3) is 1.91. The Kier molecular flexibility index (Phi) is 2.48. The minimum atomic E-state index is 0.0389. The Morgan fingerprint density at radius 2 is 2.00 bits per heavy atom. The third-order valence-electron chi connectivity index (χ3n) is 2.17. The predicted octanol–water partition coefficient (Wildman–Crippen LogP) is 1.97. The van der Waals surface area contributed by atoms with E-state index in [9.17, 15) is 0 Å². The first-order chi connectivity index (χ1) is 5.84. The summed E-state index contributed by atoms with van der Waals surface area (Å²) in [5.74, 6) is 0. The highest BCUT2D eigenvalue weighted by Gasteiger charge is 2.19. The lowest BCUT2D eigenvalue weighted by Crippen LogP contribution is -2.24. The Bertz CT molecular complexity index is 292. The van der Waals surface area contributed by atoms with E-state index in [4.69, 9.17) is 5.73 Å². The van der Waals surface area contributed by atoms with Crippen LogP contribution in [0.15, 0.2) is 6.20 Å². The molecular weight excluding hydrogens is 162 g/mol. The van der Waals surface area contributed by atoms with Crippen molar-refractivity contribution in [1.29, 1.82) is 0 Å². The molecule has 0 saturated carbocycles. The van der Waals surface area contributed by atoms with Gasteiger partial charge in [0, 0.05) is 17.3 Å². The van der Waals surface area contributed by atoms with E-state index in [1.165, 1.54) is 5.69 Å². The standard InChI is InChI=1S/C10H19N3/c1-7(11)9-6-12-13(8(9)2)10(3,4)5/h6-7H,11H2,1-5H3. The molecule has 0 radical (unpaired) electrons. The van der Waals surface area contributed by atoms with Gasteiger partial charge in [-0.2, -0.15) is 5.10 Å². The monoisotopic (exact) mass is 181 g/mol. The summed E-state index contributed by atoms with van der Waals surface area (Å²) in [5.41, 5.74) is 8.16. The van der Waals surface area contributed by atoms with E-state index in [1.54, 1.807) is 0 Å². The average molecular weight is 181 g/mol. The van der Waals surface area contributed by atoms with Gasteiger partial charge in [0.15, 0.2) is 0 Å². The third-order valence-corrected chi connectivity index (χ3v) is 2.17. The Balaban J connectivity index is 3.14. The molecular formula is C10H19N3. The maximum atomic E-state index is 5.82. The van der Waals surface area contributed by atoms with Crippen molar-refractivity contribution in [1.82, 2.24) is 9.78 Å². The van der Waals surface area contributed by atoms with Gasteiger partial charge in [0.25, 0.3) is 0 Å². The van der Waals surface area contributed by atoms with Gasteiger partial charge in [0.2, 0.25) is 0 Å². The molecule has 0 saturated heterocycles. The van der Waals surface area contributed by atoms with Gasteiger partial charge in [0.05, 0.1) is 11.7 Å². The van der Waals surface area contributed by atoms with Gasteiger partial charge in [-0.25, -0.2) is 0 Å². The summed E-state index contributed by atoms with van der Waals surface area (Å²) in [4.78, 5) is 0. The summed E-state index contributed by atoms with van der Waals surface area (Å²) >= 11 is 0. The minimum absolute atomic E-state index is 0.0389. The van der Waals surface area contributed by atoms with Crippen molar-refractivity contribution in [3.63, 3.8) is 0 Å². The molecule has 3 nitrogen and oxygen atoms in total. The van der Waals surface area contributed by atoms with Crippen molar-refractivity contribution in [3.05, 3.63) is 17.5 Å². The van der Waals surface area contributed by atoms with Crippen LogP contribution in [0.5, 0.6) is 0 Å². The molecule has 1 unspecified atom stereocenters. The highest BCUT2D eigenvalue weighted by atomic mass is 15.3. The molecule has 1 aromatic rings. The van der Waals surface area contributed by atoms with E-state index in [1.807, 2.05) is 17.8 Å². The molecule has 0 aromatic carbocycles. The van der Waals surface area contributed by atoms with Crippen molar-refractivity contribution in [2.45, 2.75) is 46.2 Å². The Hall–Kier alpha value is -0.830. The first-order valence-electron chi connectivity index (χ1n) is 4.64. The Labute approximate surface area is 79.9 Å². The normalized spacial score (nSPS) is 14.6. The van der Waals surface area contributed by atoms with Gasteiger partial charge in [-0.05, 0) is 34.6 Å². The fraction of sp³-hybridized carbons (Fsp3) is 0.700. The lowest BCUT2D eigenvalue weighted by molar-refractivity contribution is 0.347. The van der Waals surface area contributed by atoms with Gasteiger partial charge >= 0.3 is 0 Å². The highest BCUT2D eigenvalue weighted by molar-refractivity contribution is 5.20. The number of nitrogens with zero attached hydrogens (tertiary/aromatic N) is 2. The van der Waals surface area contributed by atoms with Crippen LogP contribution in [0, 0.1) is 6.92 Å². The van der Waals surface area contributed by atoms with Gasteiger partial charge in [-0.15, -0.1) is 0 Å². The number of hydrogen-bond donors (Lipinski definition) is 1. The van der Waals surface area contributed by atoms with E-state index in [2.05, 4.69) is 32.8 Å². The fourth-order valence-corrected chi connectivity index (χ4v) is 1.55. The summed E-state index contributed by atoms with van der Waals surface area (Å²) in [5, 5.41) is 4.34. The van der Waals surface area contributed by atoms with Crippen LogP contribution in [-0.2, 0) is 5.54 Å². The lowest BCUT2D eigenvalue weighted by Gasteiger charge is -2.21. The molecule has 1 rings (SSSR count). The van der Waals surface area contributed by atoms with E-state index in [0.717, 1.165) is 5.56 Å². The molecule has 0 fully saturated rings. The Morgan fingerprint density at radius 1 is 1.46 bits per heavy atom. The van der Waals surface area contributed by atoms with Crippen molar-refractivity contribution in [2.24, 2.45) is 5.73 Å². The average Bonchev–Trinajstić information content (AvgIpc) is 2.28. The van der Waals surface area contributed by atoms with E-state index >= 15 is 0 Å². The van der Waals surface area contributed by atoms with Gasteiger partial charge < -0.3 is 5.73 Å². The molecule has 0 amide bonds. The zero-order valence-corrected chi connectivity index (χ0v) is 9.13. The van der Waals surface area contributed by atoms with Crippen LogP contribution in [0.1, 0.15) is 45.0 Å². The molecule has 0 aliphatic rings. The van der Waals surface area contributed by atoms with E-state index in [0.29, 0.717) is 0 Å². The molecule has 1 aromatic heterocycles. The molecule has 0 aliphatic carbocycles. The summed E-state index contributed by atoms with van der Waals surface area (Å²) in [7, 11) is 0. The van der Waals surface area contributed by atoms with Crippen LogP contribution < -0.4 is 5.73 Å². The van der Waals surface area contributed by atoms with Gasteiger partial charge in [0.1, 0.15) is 0 Å². The van der Waals surface area contributed by atoms with E-state index < -0.39 is 0 Å². The van der Waals surface area contributed by atoms with Gasteiger partial charge in [-0.3, -0.25) is 4.68 Å². The number of rotatable bonds is 1. The molecule has 3 heteroatoms. The summed E-state index contributed by atoms with van der Waals surface area (Å²) in [6.45, 7) is 10.5. The summed E-state index contributed by atoms with van der Waals surface area (Å²) in [6.07, 6.45) is 1.87. The predicted molar refractivity (Wildman–Crippen MR) is 54.6 cm³/mol. The quantitative estimate of drug-likeness (QED) is 0.719. The highest BCUT2D eigenvalue weighted by Crippen LogP contribution is 2.21. The molecule has 0 spiro atoms. The second kappa shape index (κ2) is 3.14. The lowest BCUT2D eigenvalue weighted by atomic mass is 10.1. The van der Waals surface area contributed by atoms with E-state index in [-0.39, 0.29) is 11.6 Å². The number of aromatic nitrogens is 2. The summed E-state index contributed by atoms with van der Waals surface area (Å²) in [6, 6.07) is 0.0658. The molecule has 0 aliphatic heterocycles. The fourth-order valence-electron chi connectivity index (χ4n) is 1.55. The second-order valence-corrected chi connectivity index (χ2v) is 4.56. The van der Waals surface area contributed by atoms with Crippen LogP contribution in [0.25, 0.3) is 0 Å². The number of nitrogens with two attached hydrogens (primary N) is 1. The molecule has 1 heterocycles. The van der Waals surface area contributed by atoms with Crippen LogP contribution in [-0.4, -0.2) is 9.78 Å². The van der Waals surface area contributed by atoms with Crippen LogP contribution in [0.4, 0.5) is 0 Å². The summed E-state index contributed by atoms with van der Waals surface area (Å²) < 4.78 is 2.02. The van der Waals surface area contributed by atoms with Crippen LogP contribution in [0.2, 0.25) is 0 Å². The van der Waals surface area contributed by atoms with Crippen molar-refractivity contribution in [2.75, 3.05) is 0 Å². The maximum Gasteiger partial charge on any atom is 0.0546 e. The Morgan fingerprint density at radius 3 is 2.23 bits per heavy atom. The van der Waals surface area contributed by atoms with Crippen LogP contribution in [0.3, 0.4) is 0 Å². The molecule has 2 N–H and O–H groups in total. The van der Waals surface area contributed by atoms with Crippen molar-refractivity contribution in [3.8, 4) is 0 Å². The number of hydrogen-bond acceptors (Lipinski definition) is 2. The molecule has 1 atom stereocenters. The van der Waals surface area contributed by atoms with Gasteiger partial charge in [-0.1, -0.05) is 0 Å². The topological polar surface area (TPSA) is 43.8 Å². The maximum absolute atomic E-state index is 5.82. The molecule has 74 valence electrons. The van der Waals surface area contributed by atoms with Crippen molar-refractivity contribution >= 4 is 0 Å². The van der Waals surface area contributed by atoms with Crippen molar-refractivity contribution < 1.29 is 0 Å². The molecule has 0 bridgehead atoms. The zero-order chi connectivity index (χ0) is 10.2. The van der Waals surface area contributed by atoms with Crippen LogP contribution >= 0.6 is 0 Å². The second-order valence-electron chi connectivity index (χ2n) is 4.56.